The van der Waals surface area contributed by atoms with Gasteiger partial charge in [0.25, 0.3) is 0 Å². The fraction of sp³-hybridized carbons (Fsp3) is 0.778. The van der Waals surface area contributed by atoms with Gasteiger partial charge in [0.2, 0.25) is 0 Å². The molecule has 0 radical (unpaired) electrons. The molecule has 0 aromatic carbocycles. The van der Waals surface area contributed by atoms with E-state index in [0.29, 0.717) is 11.8 Å². The molecule has 0 saturated heterocycles. The Morgan fingerprint density at radius 1 is 1.11 bits per heavy atom. The van der Waals surface area contributed by atoms with E-state index >= 15 is 0 Å². The van der Waals surface area contributed by atoms with Crippen LogP contribution in [0.4, 0.5) is 0 Å². The lowest BCUT2D eigenvalue weighted by atomic mass is 10.0. The molecule has 0 aromatic heterocycles. The standard InChI is InChI=1S/C9H18/c1-7(2)6-9(5)8(3)4/h6-8H,1-5H3/b9-6-. The van der Waals surface area contributed by atoms with E-state index in [1.807, 2.05) is 0 Å². The van der Waals surface area contributed by atoms with E-state index in [0.717, 1.165) is 0 Å². The third-order valence-electron chi connectivity index (χ3n) is 1.51. The largest absolute Gasteiger partial charge is 0.0828 e. The molecule has 0 bridgehead atoms. The zero-order valence-electron chi connectivity index (χ0n) is 7.23. The second-order valence-electron chi connectivity index (χ2n) is 3.31. The van der Waals surface area contributed by atoms with Crippen molar-refractivity contribution < 1.29 is 0 Å². The lowest BCUT2D eigenvalue weighted by Gasteiger charge is -2.05. The summed E-state index contributed by atoms with van der Waals surface area (Å²) in [7, 11) is 0. The lowest BCUT2D eigenvalue weighted by Crippen LogP contribution is -1.91. The molecule has 54 valence electrons. The Balaban J connectivity index is 3.84. The van der Waals surface area contributed by atoms with Gasteiger partial charge in [-0.2, -0.15) is 0 Å². The summed E-state index contributed by atoms with van der Waals surface area (Å²) in [6.45, 7) is 11.1. The molecular formula is C9H18. The van der Waals surface area contributed by atoms with Crippen LogP contribution in [0.2, 0.25) is 0 Å². The summed E-state index contributed by atoms with van der Waals surface area (Å²) in [6.07, 6.45) is 2.32. The summed E-state index contributed by atoms with van der Waals surface area (Å²) in [5, 5.41) is 0. The van der Waals surface area contributed by atoms with Crippen molar-refractivity contribution in [2.24, 2.45) is 11.8 Å². The Hall–Kier alpha value is -0.260. The van der Waals surface area contributed by atoms with Crippen molar-refractivity contribution in [3.8, 4) is 0 Å². The Morgan fingerprint density at radius 2 is 1.56 bits per heavy atom. The first-order chi connectivity index (χ1) is 4.04. The van der Waals surface area contributed by atoms with Gasteiger partial charge in [-0.15, -0.1) is 0 Å². The normalized spacial score (nSPS) is 13.4. The number of allylic oxidation sites excluding steroid dienone is 2. The van der Waals surface area contributed by atoms with Crippen LogP contribution in [0.25, 0.3) is 0 Å². The maximum absolute atomic E-state index is 2.32. The summed E-state index contributed by atoms with van der Waals surface area (Å²) in [4.78, 5) is 0. The number of rotatable bonds is 2. The molecule has 0 aromatic rings. The fourth-order valence-corrected chi connectivity index (χ4v) is 0.718. The van der Waals surface area contributed by atoms with Crippen LogP contribution in [0.1, 0.15) is 34.6 Å². The highest BCUT2D eigenvalue weighted by atomic mass is 14.0. The van der Waals surface area contributed by atoms with Crippen molar-refractivity contribution in [2.75, 3.05) is 0 Å². The van der Waals surface area contributed by atoms with Crippen LogP contribution in [-0.2, 0) is 0 Å². The van der Waals surface area contributed by atoms with E-state index in [-0.39, 0.29) is 0 Å². The minimum Gasteiger partial charge on any atom is -0.0828 e. The first kappa shape index (κ1) is 8.74. The average molecular weight is 126 g/mol. The third kappa shape index (κ3) is 4.26. The van der Waals surface area contributed by atoms with Gasteiger partial charge < -0.3 is 0 Å². The molecule has 0 aliphatic rings. The molecule has 0 rings (SSSR count). The minimum absolute atomic E-state index is 0.701. The van der Waals surface area contributed by atoms with E-state index in [9.17, 15) is 0 Å². The molecule has 0 saturated carbocycles. The van der Waals surface area contributed by atoms with Gasteiger partial charge in [-0.25, -0.2) is 0 Å². The first-order valence-electron chi connectivity index (χ1n) is 3.72. The van der Waals surface area contributed by atoms with Crippen LogP contribution in [0.15, 0.2) is 11.6 Å². The Kier molecular flexibility index (Phi) is 3.60. The highest BCUT2D eigenvalue weighted by molar-refractivity contribution is 5.01. The fourth-order valence-electron chi connectivity index (χ4n) is 0.718. The van der Waals surface area contributed by atoms with E-state index in [1.54, 1.807) is 0 Å². The van der Waals surface area contributed by atoms with E-state index in [1.165, 1.54) is 5.57 Å². The Morgan fingerprint density at radius 3 is 1.67 bits per heavy atom. The van der Waals surface area contributed by atoms with Crippen molar-refractivity contribution >= 4 is 0 Å². The van der Waals surface area contributed by atoms with Crippen LogP contribution in [0, 0.1) is 11.8 Å². The highest BCUT2D eigenvalue weighted by Gasteiger charge is 1.95. The zero-order chi connectivity index (χ0) is 7.44. The van der Waals surface area contributed by atoms with Crippen LogP contribution in [0.3, 0.4) is 0 Å². The second-order valence-corrected chi connectivity index (χ2v) is 3.31. The SMILES string of the molecule is C/C(=C/C(C)C)C(C)C. The van der Waals surface area contributed by atoms with Crippen molar-refractivity contribution in [1.29, 1.82) is 0 Å². The molecule has 0 amide bonds. The topological polar surface area (TPSA) is 0 Å². The van der Waals surface area contributed by atoms with Crippen molar-refractivity contribution in [3.05, 3.63) is 11.6 Å². The van der Waals surface area contributed by atoms with Crippen molar-refractivity contribution in [1.82, 2.24) is 0 Å². The van der Waals surface area contributed by atoms with Crippen LogP contribution < -0.4 is 0 Å². The maximum Gasteiger partial charge on any atom is -0.0263 e. The third-order valence-corrected chi connectivity index (χ3v) is 1.51. The van der Waals surface area contributed by atoms with Gasteiger partial charge in [0, 0.05) is 0 Å². The van der Waals surface area contributed by atoms with E-state index in [4.69, 9.17) is 0 Å². The van der Waals surface area contributed by atoms with Gasteiger partial charge >= 0.3 is 0 Å². The summed E-state index contributed by atoms with van der Waals surface area (Å²) in [5.74, 6) is 1.42. The second kappa shape index (κ2) is 3.71. The minimum atomic E-state index is 0.701. The number of hydrogen-bond donors (Lipinski definition) is 0. The number of hydrogen-bond acceptors (Lipinski definition) is 0. The molecule has 0 N–H and O–H groups in total. The van der Waals surface area contributed by atoms with Crippen LogP contribution in [0.5, 0.6) is 0 Å². The van der Waals surface area contributed by atoms with Crippen LogP contribution in [-0.4, -0.2) is 0 Å². The molecule has 0 atom stereocenters. The molecule has 0 unspecified atom stereocenters. The first-order valence-corrected chi connectivity index (χ1v) is 3.72. The van der Waals surface area contributed by atoms with Crippen LogP contribution >= 0.6 is 0 Å². The monoisotopic (exact) mass is 126 g/mol. The van der Waals surface area contributed by atoms with Gasteiger partial charge in [-0.1, -0.05) is 39.3 Å². The summed E-state index contributed by atoms with van der Waals surface area (Å²) in [5.41, 5.74) is 1.50. The molecule has 0 aliphatic carbocycles. The van der Waals surface area contributed by atoms with Gasteiger partial charge in [0.05, 0.1) is 0 Å². The molecule has 0 aliphatic heterocycles. The van der Waals surface area contributed by atoms with Gasteiger partial charge in [-0.05, 0) is 18.8 Å². The lowest BCUT2D eigenvalue weighted by molar-refractivity contribution is 0.731. The summed E-state index contributed by atoms with van der Waals surface area (Å²) >= 11 is 0. The predicted molar refractivity (Wildman–Crippen MR) is 43.4 cm³/mol. The molecule has 0 nitrogen and oxygen atoms in total. The smallest absolute Gasteiger partial charge is 0.0263 e. The molecule has 0 fully saturated rings. The predicted octanol–water partition coefficient (Wildman–Crippen LogP) is 3.24. The van der Waals surface area contributed by atoms with Gasteiger partial charge in [-0.3, -0.25) is 0 Å². The molecule has 0 spiro atoms. The summed E-state index contributed by atoms with van der Waals surface area (Å²) in [6, 6.07) is 0. The zero-order valence-corrected chi connectivity index (χ0v) is 7.23. The summed E-state index contributed by atoms with van der Waals surface area (Å²) < 4.78 is 0. The Bertz CT molecular complexity index is 96.6. The van der Waals surface area contributed by atoms with E-state index in [2.05, 4.69) is 40.7 Å². The van der Waals surface area contributed by atoms with E-state index < -0.39 is 0 Å². The molecule has 9 heavy (non-hydrogen) atoms. The Labute approximate surface area is 59.0 Å². The van der Waals surface area contributed by atoms with Crippen molar-refractivity contribution in [3.63, 3.8) is 0 Å². The quantitative estimate of drug-likeness (QED) is 0.498. The maximum atomic E-state index is 2.32. The van der Waals surface area contributed by atoms with Gasteiger partial charge in [0.15, 0.2) is 0 Å². The molecule has 0 heteroatoms. The van der Waals surface area contributed by atoms with Gasteiger partial charge in [0.1, 0.15) is 0 Å². The highest BCUT2D eigenvalue weighted by Crippen LogP contribution is 2.10. The molecule has 0 heterocycles. The average Bonchev–Trinajstić information content (AvgIpc) is 1.63. The molecular weight excluding hydrogens is 108 g/mol. The van der Waals surface area contributed by atoms with Crippen molar-refractivity contribution in [2.45, 2.75) is 34.6 Å².